The van der Waals surface area contributed by atoms with Crippen molar-refractivity contribution in [2.75, 3.05) is 0 Å². The number of phenolic OH excluding ortho intramolecular Hbond substituents is 1. The van der Waals surface area contributed by atoms with Crippen LogP contribution in [0.2, 0.25) is 0 Å². The SMILES string of the molecule is CC1=CC/C(=C(C)/C=C(\N)CCc2ccc(O)cc2C)CC1. The molecule has 2 heteroatoms. The van der Waals surface area contributed by atoms with E-state index in [0.29, 0.717) is 5.75 Å². The van der Waals surface area contributed by atoms with Crippen LogP contribution >= 0.6 is 0 Å². The summed E-state index contributed by atoms with van der Waals surface area (Å²) in [6, 6.07) is 5.53. The van der Waals surface area contributed by atoms with Gasteiger partial charge >= 0.3 is 0 Å². The molecule has 0 saturated carbocycles. The molecule has 0 heterocycles. The molecule has 118 valence electrons. The second-order valence-electron chi connectivity index (χ2n) is 6.37. The van der Waals surface area contributed by atoms with E-state index >= 15 is 0 Å². The molecule has 2 rings (SSSR count). The zero-order valence-electron chi connectivity index (χ0n) is 13.9. The third-order valence-corrected chi connectivity index (χ3v) is 4.49. The molecule has 0 bridgehead atoms. The van der Waals surface area contributed by atoms with E-state index in [1.165, 1.54) is 28.7 Å². The molecule has 1 aliphatic rings. The molecule has 0 fully saturated rings. The Hall–Kier alpha value is -1.96. The molecule has 1 aromatic rings. The van der Waals surface area contributed by atoms with Gasteiger partial charge in [0.15, 0.2) is 0 Å². The van der Waals surface area contributed by atoms with E-state index in [2.05, 4.69) is 26.0 Å². The van der Waals surface area contributed by atoms with Crippen LogP contribution in [0.25, 0.3) is 0 Å². The second-order valence-corrected chi connectivity index (χ2v) is 6.37. The number of hydrogen-bond acceptors (Lipinski definition) is 2. The number of nitrogens with two attached hydrogens (primary N) is 1. The zero-order chi connectivity index (χ0) is 16.1. The van der Waals surface area contributed by atoms with Crippen LogP contribution in [0.4, 0.5) is 0 Å². The number of benzene rings is 1. The Morgan fingerprint density at radius 1 is 1.27 bits per heavy atom. The summed E-state index contributed by atoms with van der Waals surface area (Å²) in [6.07, 6.45) is 9.63. The van der Waals surface area contributed by atoms with Crippen LogP contribution in [0.1, 0.15) is 50.7 Å². The van der Waals surface area contributed by atoms with Crippen molar-refractivity contribution in [3.63, 3.8) is 0 Å². The Bertz CT molecular complexity index is 635. The smallest absolute Gasteiger partial charge is 0.115 e. The van der Waals surface area contributed by atoms with E-state index in [4.69, 9.17) is 5.73 Å². The van der Waals surface area contributed by atoms with Crippen molar-refractivity contribution in [2.24, 2.45) is 5.73 Å². The Kier molecular flexibility index (Phi) is 5.48. The highest BCUT2D eigenvalue weighted by Gasteiger charge is 2.07. The molecule has 2 nitrogen and oxygen atoms in total. The number of allylic oxidation sites excluding steroid dienone is 6. The Morgan fingerprint density at radius 3 is 2.68 bits per heavy atom. The van der Waals surface area contributed by atoms with E-state index in [1.54, 1.807) is 12.1 Å². The van der Waals surface area contributed by atoms with Crippen LogP contribution in [0.15, 0.2) is 52.8 Å². The van der Waals surface area contributed by atoms with Crippen LogP contribution < -0.4 is 5.73 Å². The van der Waals surface area contributed by atoms with E-state index in [0.717, 1.165) is 36.9 Å². The molecule has 1 aliphatic carbocycles. The van der Waals surface area contributed by atoms with E-state index < -0.39 is 0 Å². The maximum Gasteiger partial charge on any atom is 0.115 e. The fourth-order valence-electron chi connectivity index (χ4n) is 2.90. The highest BCUT2D eigenvalue weighted by molar-refractivity contribution is 5.35. The lowest BCUT2D eigenvalue weighted by Crippen LogP contribution is -2.02. The number of aromatic hydroxyl groups is 1. The molecular weight excluding hydrogens is 270 g/mol. The molecule has 0 spiro atoms. The lowest BCUT2D eigenvalue weighted by atomic mass is 9.92. The van der Waals surface area contributed by atoms with Gasteiger partial charge in [-0.2, -0.15) is 0 Å². The van der Waals surface area contributed by atoms with Gasteiger partial charge in [0.05, 0.1) is 0 Å². The third-order valence-electron chi connectivity index (χ3n) is 4.49. The Balaban J connectivity index is 1.99. The zero-order valence-corrected chi connectivity index (χ0v) is 13.9. The van der Waals surface area contributed by atoms with Gasteiger partial charge in [-0.05, 0) is 87.8 Å². The Labute approximate surface area is 134 Å². The summed E-state index contributed by atoms with van der Waals surface area (Å²) in [5.74, 6) is 0.325. The molecule has 0 aliphatic heterocycles. The van der Waals surface area contributed by atoms with E-state index in [1.807, 2.05) is 13.0 Å². The number of rotatable bonds is 4. The van der Waals surface area contributed by atoms with Crippen LogP contribution in [0, 0.1) is 6.92 Å². The van der Waals surface area contributed by atoms with Crippen molar-refractivity contribution < 1.29 is 5.11 Å². The molecule has 3 N–H and O–H groups in total. The fraction of sp³-hybridized carbons (Fsp3) is 0.400. The van der Waals surface area contributed by atoms with Crippen molar-refractivity contribution in [1.29, 1.82) is 0 Å². The maximum absolute atomic E-state index is 9.45. The van der Waals surface area contributed by atoms with Crippen molar-refractivity contribution in [3.05, 3.63) is 63.9 Å². The minimum Gasteiger partial charge on any atom is -0.508 e. The van der Waals surface area contributed by atoms with Gasteiger partial charge in [-0.15, -0.1) is 0 Å². The van der Waals surface area contributed by atoms with Gasteiger partial charge in [-0.25, -0.2) is 0 Å². The normalized spacial score (nSPS) is 18.1. The Morgan fingerprint density at radius 2 is 2.05 bits per heavy atom. The largest absolute Gasteiger partial charge is 0.508 e. The average Bonchev–Trinajstić information content (AvgIpc) is 2.47. The lowest BCUT2D eigenvalue weighted by molar-refractivity contribution is 0.474. The highest BCUT2D eigenvalue weighted by atomic mass is 16.3. The summed E-state index contributed by atoms with van der Waals surface area (Å²) < 4.78 is 0. The summed E-state index contributed by atoms with van der Waals surface area (Å²) in [5, 5.41) is 9.45. The summed E-state index contributed by atoms with van der Waals surface area (Å²) >= 11 is 0. The first kappa shape index (κ1) is 16.4. The number of hydrogen-bond donors (Lipinski definition) is 2. The summed E-state index contributed by atoms with van der Waals surface area (Å²) in [6.45, 7) is 6.40. The number of aryl methyl sites for hydroxylation is 2. The topological polar surface area (TPSA) is 46.2 Å². The van der Waals surface area contributed by atoms with Crippen LogP contribution in [0.5, 0.6) is 5.75 Å². The predicted molar refractivity (Wildman–Crippen MR) is 93.7 cm³/mol. The van der Waals surface area contributed by atoms with Crippen LogP contribution in [-0.2, 0) is 6.42 Å². The highest BCUT2D eigenvalue weighted by Crippen LogP contribution is 2.26. The van der Waals surface area contributed by atoms with Gasteiger partial charge in [0.2, 0.25) is 0 Å². The third kappa shape index (κ3) is 4.52. The second kappa shape index (κ2) is 7.35. The molecule has 0 aromatic heterocycles. The lowest BCUT2D eigenvalue weighted by Gasteiger charge is -2.15. The molecular formula is C20H27NO. The molecule has 0 amide bonds. The standard InChI is InChI=1S/C20H27NO/c1-14-4-6-17(7-5-14)15(2)12-19(21)10-8-18-9-11-20(22)13-16(18)3/h4,9,11-13,22H,5-8,10,21H2,1-3H3/b17-15-,19-12-. The van der Waals surface area contributed by atoms with Crippen molar-refractivity contribution >= 4 is 0 Å². The fourth-order valence-corrected chi connectivity index (χ4v) is 2.90. The first-order chi connectivity index (χ1) is 10.5. The molecule has 22 heavy (non-hydrogen) atoms. The van der Waals surface area contributed by atoms with Gasteiger partial charge in [0, 0.05) is 5.70 Å². The molecule has 0 saturated heterocycles. The molecule has 0 unspecified atom stereocenters. The van der Waals surface area contributed by atoms with Gasteiger partial charge in [-0.3, -0.25) is 0 Å². The minimum absolute atomic E-state index is 0.325. The predicted octanol–water partition coefficient (Wildman–Crippen LogP) is 4.92. The molecule has 0 atom stereocenters. The van der Waals surface area contributed by atoms with E-state index in [-0.39, 0.29) is 0 Å². The van der Waals surface area contributed by atoms with Gasteiger partial charge in [0.25, 0.3) is 0 Å². The molecule has 1 aromatic carbocycles. The van der Waals surface area contributed by atoms with Crippen molar-refractivity contribution in [3.8, 4) is 5.75 Å². The maximum atomic E-state index is 9.45. The summed E-state index contributed by atoms with van der Waals surface area (Å²) in [7, 11) is 0. The van der Waals surface area contributed by atoms with Crippen molar-refractivity contribution in [2.45, 2.75) is 52.9 Å². The van der Waals surface area contributed by atoms with Crippen LogP contribution in [0.3, 0.4) is 0 Å². The minimum atomic E-state index is 0.325. The van der Waals surface area contributed by atoms with Crippen LogP contribution in [-0.4, -0.2) is 5.11 Å². The summed E-state index contributed by atoms with van der Waals surface area (Å²) in [5.41, 5.74) is 13.8. The van der Waals surface area contributed by atoms with Crippen molar-refractivity contribution in [1.82, 2.24) is 0 Å². The van der Waals surface area contributed by atoms with Gasteiger partial charge < -0.3 is 10.8 Å². The first-order valence-corrected chi connectivity index (χ1v) is 8.04. The first-order valence-electron chi connectivity index (χ1n) is 8.04. The molecule has 0 radical (unpaired) electrons. The quantitative estimate of drug-likeness (QED) is 0.775. The summed E-state index contributed by atoms with van der Waals surface area (Å²) in [4.78, 5) is 0. The van der Waals surface area contributed by atoms with Gasteiger partial charge in [0.1, 0.15) is 5.75 Å². The monoisotopic (exact) mass is 297 g/mol. The van der Waals surface area contributed by atoms with E-state index in [9.17, 15) is 5.11 Å². The average molecular weight is 297 g/mol. The van der Waals surface area contributed by atoms with Gasteiger partial charge in [-0.1, -0.05) is 23.3 Å². The number of phenols is 1.